The van der Waals surface area contributed by atoms with Gasteiger partial charge in [0.25, 0.3) is 0 Å². The number of hydrogen-bond donors (Lipinski definition) is 1. The molecule has 0 saturated heterocycles. The minimum absolute atomic E-state index is 0.0274. The fourth-order valence-corrected chi connectivity index (χ4v) is 5.50. The third-order valence-corrected chi connectivity index (χ3v) is 7.74. The number of benzene rings is 3. The molecule has 0 aromatic heterocycles. The minimum atomic E-state index is -3.60. The Labute approximate surface area is 243 Å². The first kappa shape index (κ1) is 31.8. The highest BCUT2D eigenvalue weighted by molar-refractivity contribution is 7.92. The molecule has 1 unspecified atom stereocenters. The van der Waals surface area contributed by atoms with Gasteiger partial charge in [-0.15, -0.1) is 0 Å². The summed E-state index contributed by atoms with van der Waals surface area (Å²) in [5, 5.41) is 2.98. The summed E-state index contributed by atoms with van der Waals surface area (Å²) in [5.41, 5.74) is 2.11. The van der Waals surface area contributed by atoms with E-state index in [0.29, 0.717) is 11.3 Å². The highest BCUT2D eigenvalue weighted by Crippen LogP contribution is 2.21. The number of sulfonamides is 1. The highest BCUT2D eigenvalue weighted by Gasteiger charge is 2.32. The van der Waals surface area contributed by atoms with Gasteiger partial charge in [-0.2, -0.15) is 0 Å². The molecule has 7 nitrogen and oxygen atoms in total. The van der Waals surface area contributed by atoms with Crippen molar-refractivity contribution < 1.29 is 22.4 Å². The summed E-state index contributed by atoms with van der Waals surface area (Å²) < 4.78 is 41.2. The molecule has 0 saturated carbocycles. The van der Waals surface area contributed by atoms with Crippen LogP contribution in [-0.4, -0.2) is 49.5 Å². The van der Waals surface area contributed by atoms with Gasteiger partial charge in [0, 0.05) is 37.0 Å². The van der Waals surface area contributed by atoms with Crippen LogP contribution in [0.3, 0.4) is 0 Å². The zero-order chi connectivity index (χ0) is 30.2. The molecule has 1 atom stereocenters. The van der Waals surface area contributed by atoms with Crippen LogP contribution in [-0.2, 0) is 32.6 Å². The van der Waals surface area contributed by atoms with Crippen LogP contribution in [0.2, 0.25) is 0 Å². The van der Waals surface area contributed by atoms with Gasteiger partial charge in [-0.1, -0.05) is 66.2 Å². The van der Waals surface area contributed by atoms with Crippen LogP contribution >= 0.6 is 0 Å². The van der Waals surface area contributed by atoms with Gasteiger partial charge >= 0.3 is 0 Å². The summed E-state index contributed by atoms with van der Waals surface area (Å²) in [7, 11) is -3.60. The van der Waals surface area contributed by atoms with E-state index in [9.17, 15) is 22.4 Å². The number of amides is 2. The van der Waals surface area contributed by atoms with Crippen molar-refractivity contribution in [2.45, 2.75) is 65.1 Å². The summed E-state index contributed by atoms with van der Waals surface area (Å²) in [6.45, 7) is 7.47. The third kappa shape index (κ3) is 9.70. The lowest BCUT2D eigenvalue weighted by Gasteiger charge is -2.34. The van der Waals surface area contributed by atoms with Gasteiger partial charge in [-0.05, 0) is 57.9 Å². The number of hydrogen-bond acceptors (Lipinski definition) is 4. The molecule has 0 fully saturated rings. The van der Waals surface area contributed by atoms with Crippen LogP contribution in [0.1, 0.15) is 50.3 Å². The molecule has 0 heterocycles. The van der Waals surface area contributed by atoms with Gasteiger partial charge in [0.05, 0.1) is 11.9 Å². The van der Waals surface area contributed by atoms with Gasteiger partial charge < -0.3 is 10.2 Å². The van der Waals surface area contributed by atoms with E-state index in [2.05, 4.69) is 5.32 Å². The van der Waals surface area contributed by atoms with Crippen molar-refractivity contribution in [1.82, 2.24) is 10.2 Å². The van der Waals surface area contributed by atoms with Crippen molar-refractivity contribution in [3.8, 4) is 0 Å². The molecule has 3 aromatic carbocycles. The molecule has 9 heteroatoms. The molecule has 3 aromatic rings. The largest absolute Gasteiger partial charge is 0.350 e. The molecule has 0 aliphatic carbocycles. The standard InChI is InChI=1S/C32H40FN3O4S/c1-24-17-19-27(20-18-24)36(41(5,39)40)21-11-16-30(37)35(23-26-14-9-10-15-28(26)33)29(31(38)34-32(2,3)4)22-25-12-7-6-8-13-25/h6-10,12-15,17-20,29H,11,16,21-23H2,1-5H3,(H,34,38). The van der Waals surface area contributed by atoms with Crippen molar-refractivity contribution in [2.24, 2.45) is 0 Å². The molecular weight excluding hydrogens is 541 g/mol. The second-order valence-corrected chi connectivity index (χ2v) is 13.2. The number of rotatable bonds is 12. The van der Waals surface area contributed by atoms with E-state index >= 15 is 0 Å². The Bertz CT molecular complexity index is 1420. The number of nitrogens with one attached hydrogen (secondary N) is 1. The SMILES string of the molecule is Cc1ccc(N(CCCC(=O)N(Cc2ccccc2F)C(Cc2ccccc2)C(=O)NC(C)(C)C)S(C)(=O)=O)cc1. The van der Waals surface area contributed by atoms with Gasteiger partial charge in [-0.25, -0.2) is 12.8 Å². The predicted octanol–water partition coefficient (Wildman–Crippen LogP) is 5.24. The average molecular weight is 582 g/mol. The van der Waals surface area contributed by atoms with Crippen LogP contribution < -0.4 is 9.62 Å². The van der Waals surface area contributed by atoms with Gasteiger partial charge in [-0.3, -0.25) is 13.9 Å². The smallest absolute Gasteiger partial charge is 0.243 e. The lowest BCUT2D eigenvalue weighted by molar-refractivity contribution is -0.142. The first-order valence-corrected chi connectivity index (χ1v) is 15.5. The van der Waals surface area contributed by atoms with Gasteiger partial charge in [0.2, 0.25) is 21.8 Å². The third-order valence-electron chi connectivity index (χ3n) is 6.54. The lowest BCUT2D eigenvalue weighted by Crippen LogP contribution is -2.54. The summed E-state index contributed by atoms with van der Waals surface area (Å²) in [4.78, 5) is 28.9. The maximum absolute atomic E-state index is 14.8. The summed E-state index contributed by atoms with van der Waals surface area (Å²) in [5.74, 6) is -1.18. The Hall–Kier alpha value is -3.72. The number of anilines is 1. The number of aryl methyl sites for hydroxylation is 1. The summed E-state index contributed by atoms with van der Waals surface area (Å²) in [6.07, 6.45) is 1.56. The fraction of sp³-hybridized carbons (Fsp3) is 0.375. The molecule has 0 radical (unpaired) electrons. The van der Waals surface area contributed by atoms with Crippen molar-refractivity contribution >= 4 is 27.5 Å². The van der Waals surface area contributed by atoms with E-state index < -0.39 is 27.4 Å². The van der Waals surface area contributed by atoms with E-state index in [-0.39, 0.29) is 44.2 Å². The number of nitrogens with zero attached hydrogens (tertiary/aromatic N) is 2. The predicted molar refractivity (Wildman–Crippen MR) is 161 cm³/mol. The minimum Gasteiger partial charge on any atom is -0.350 e. The highest BCUT2D eigenvalue weighted by atomic mass is 32.2. The molecule has 1 N–H and O–H groups in total. The first-order valence-electron chi connectivity index (χ1n) is 13.7. The van der Waals surface area contributed by atoms with Crippen LogP contribution in [0.15, 0.2) is 78.9 Å². The molecule has 0 aliphatic rings. The maximum atomic E-state index is 14.8. The van der Waals surface area contributed by atoms with Crippen LogP contribution in [0.25, 0.3) is 0 Å². The van der Waals surface area contributed by atoms with E-state index in [1.54, 1.807) is 30.3 Å². The Kier molecular flexibility index (Phi) is 10.7. The lowest BCUT2D eigenvalue weighted by atomic mass is 10.00. The zero-order valence-electron chi connectivity index (χ0n) is 24.4. The molecule has 0 bridgehead atoms. The molecule has 2 amide bonds. The van der Waals surface area contributed by atoms with E-state index in [0.717, 1.165) is 17.4 Å². The summed E-state index contributed by atoms with van der Waals surface area (Å²) >= 11 is 0. The zero-order valence-corrected chi connectivity index (χ0v) is 25.2. The number of carbonyl (C=O) groups is 2. The van der Waals surface area contributed by atoms with E-state index in [4.69, 9.17) is 0 Å². The van der Waals surface area contributed by atoms with Crippen LogP contribution in [0, 0.1) is 12.7 Å². The monoisotopic (exact) mass is 581 g/mol. The molecular formula is C32H40FN3O4S. The molecule has 3 rings (SSSR count). The second-order valence-electron chi connectivity index (χ2n) is 11.3. The Morgan fingerprint density at radius 2 is 1.54 bits per heavy atom. The first-order chi connectivity index (χ1) is 19.2. The number of carbonyl (C=O) groups excluding carboxylic acids is 2. The Morgan fingerprint density at radius 1 is 0.927 bits per heavy atom. The quantitative estimate of drug-likeness (QED) is 0.317. The normalized spacial score (nSPS) is 12.4. The molecule has 220 valence electrons. The van der Waals surface area contributed by atoms with Gasteiger partial charge in [0.1, 0.15) is 11.9 Å². The maximum Gasteiger partial charge on any atom is 0.243 e. The average Bonchev–Trinajstić information content (AvgIpc) is 2.89. The second kappa shape index (κ2) is 13.8. The van der Waals surface area contributed by atoms with E-state index in [1.165, 1.54) is 15.3 Å². The molecule has 0 aliphatic heterocycles. The summed E-state index contributed by atoms with van der Waals surface area (Å²) in [6, 6.07) is 21.8. The van der Waals surface area contributed by atoms with Crippen molar-refractivity contribution in [1.29, 1.82) is 0 Å². The van der Waals surface area contributed by atoms with Crippen molar-refractivity contribution in [3.05, 3.63) is 101 Å². The van der Waals surface area contributed by atoms with Crippen LogP contribution in [0.5, 0.6) is 0 Å². The van der Waals surface area contributed by atoms with Crippen LogP contribution in [0.4, 0.5) is 10.1 Å². The van der Waals surface area contributed by atoms with Crippen molar-refractivity contribution in [3.63, 3.8) is 0 Å². The fourth-order valence-electron chi connectivity index (χ4n) is 4.53. The van der Waals surface area contributed by atoms with Crippen molar-refractivity contribution in [2.75, 3.05) is 17.1 Å². The topological polar surface area (TPSA) is 86.8 Å². The van der Waals surface area contributed by atoms with Gasteiger partial charge in [0.15, 0.2) is 0 Å². The molecule has 0 spiro atoms. The van der Waals surface area contributed by atoms with E-state index in [1.807, 2.05) is 70.2 Å². The molecule has 41 heavy (non-hydrogen) atoms. The Morgan fingerprint density at radius 3 is 2.12 bits per heavy atom. The number of halogens is 1. The Balaban J connectivity index is 1.91.